The fourth-order valence-corrected chi connectivity index (χ4v) is 3.94. The van der Waals surface area contributed by atoms with Crippen LogP contribution in [0.15, 0.2) is 83.8 Å². The van der Waals surface area contributed by atoms with Crippen molar-refractivity contribution in [1.29, 1.82) is 5.26 Å². The molecule has 8 heteroatoms. The Bertz CT molecular complexity index is 1690. The summed E-state index contributed by atoms with van der Waals surface area (Å²) < 4.78 is 12.6. The maximum absolute atomic E-state index is 12.6. The van der Waals surface area contributed by atoms with Crippen LogP contribution in [0.2, 0.25) is 0 Å². The molecule has 0 amide bonds. The molecule has 0 saturated heterocycles. The van der Waals surface area contributed by atoms with E-state index >= 15 is 0 Å². The molecule has 36 heavy (non-hydrogen) atoms. The topological polar surface area (TPSA) is 106 Å². The number of allylic oxidation sites excluding steroid dienone is 1. The van der Waals surface area contributed by atoms with Gasteiger partial charge in [-0.2, -0.15) is 10.4 Å². The lowest BCUT2D eigenvalue weighted by atomic mass is 10.0. The van der Waals surface area contributed by atoms with E-state index in [-0.39, 0.29) is 17.0 Å². The summed E-state index contributed by atoms with van der Waals surface area (Å²) in [5, 5.41) is 15.3. The van der Waals surface area contributed by atoms with Crippen LogP contribution in [0.1, 0.15) is 11.4 Å². The van der Waals surface area contributed by atoms with Gasteiger partial charge in [0, 0.05) is 17.3 Å². The van der Waals surface area contributed by atoms with Crippen LogP contribution in [-0.2, 0) is 0 Å². The highest BCUT2D eigenvalue weighted by Gasteiger charge is 2.16. The molecule has 8 nitrogen and oxygen atoms in total. The molecule has 2 aromatic heterocycles. The molecular formula is C28H21N5O3. The van der Waals surface area contributed by atoms with E-state index in [9.17, 15) is 10.1 Å². The summed E-state index contributed by atoms with van der Waals surface area (Å²) in [7, 11) is 3.15. The highest BCUT2D eigenvalue weighted by Crippen LogP contribution is 2.34. The van der Waals surface area contributed by atoms with Gasteiger partial charge in [0.25, 0.3) is 5.56 Å². The molecule has 0 atom stereocenters. The number of nitrogens with zero attached hydrogens (tertiary/aromatic N) is 4. The van der Waals surface area contributed by atoms with Gasteiger partial charge in [-0.15, -0.1) is 0 Å². The molecule has 0 aliphatic heterocycles. The van der Waals surface area contributed by atoms with Gasteiger partial charge in [0.15, 0.2) is 17.3 Å². The van der Waals surface area contributed by atoms with Crippen LogP contribution in [-0.4, -0.2) is 34.0 Å². The fraction of sp³-hybridized carbons (Fsp3) is 0.0714. The van der Waals surface area contributed by atoms with Crippen LogP contribution in [0.5, 0.6) is 11.5 Å². The smallest absolute Gasteiger partial charge is 0.259 e. The maximum atomic E-state index is 12.6. The van der Waals surface area contributed by atoms with E-state index in [1.54, 1.807) is 55.3 Å². The first-order valence-electron chi connectivity index (χ1n) is 11.1. The van der Waals surface area contributed by atoms with E-state index in [1.807, 2.05) is 48.7 Å². The molecule has 0 unspecified atom stereocenters. The van der Waals surface area contributed by atoms with Crippen molar-refractivity contribution in [3.8, 4) is 34.5 Å². The number of nitriles is 1. The van der Waals surface area contributed by atoms with Gasteiger partial charge in [-0.1, -0.05) is 30.3 Å². The van der Waals surface area contributed by atoms with Gasteiger partial charge in [0.05, 0.1) is 36.4 Å². The zero-order chi connectivity index (χ0) is 25.1. The van der Waals surface area contributed by atoms with E-state index in [0.29, 0.717) is 33.7 Å². The number of aromatic amines is 1. The van der Waals surface area contributed by atoms with Crippen molar-refractivity contribution in [1.82, 2.24) is 19.7 Å². The number of ether oxygens (including phenoxy) is 2. The molecule has 3 aromatic carbocycles. The molecule has 0 spiro atoms. The first-order chi connectivity index (χ1) is 17.6. The second kappa shape index (κ2) is 9.60. The predicted molar refractivity (Wildman–Crippen MR) is 138 cm³/mol. The minimum absolute atomic E-state index is 0.187. The van der Waals surface area contributed by atoms with Gasteiger partial charge in [-0.25, -0.2) is 9.67 Å². The normalized spacial score (nSPS) is 11.3. The molecule has 0 radical (unpaired) electrons. The third-order valence-corrected chi connectivity index (χ3v) is 5.71. The lowest BCUT2D eigenvalue weighted by molar-refractivity contribution is 0.355. The first kappa shape index (κ1) is 22.6. The standard InChI is InChI=1S/C28H21N5O3/c1-35-24-13-12-18(15-25(24)36-2)26-20(17-33(32-26)21-8-4-3-5-9-21)14-19(16-29)27-30-23-11-7-6-10-22(23)28(34)31-27/h3-15,17H,1-2H3,(H,30,31,34)/b19-14+. The van der Waals surface area contributed by atoms with E-state index in [2.05, 4.69) is 16.0 Å². The molecular weight excluding hydrogens is 454 g/mol. The lowest BCUT2D eigenvalue weighted by Crippen LogP contribution is -2.11. The first-order valence-corrected chi connectivity index (χ1v) is 11.1. The SMILES string of the molecule is COc1ccc(-c2nn(-c3ccccc3)cc2/C=C(\C#N)c2nc3ccccc3c(=O)[nH]2)cc1OC. The summed E-state index contributed by atoms with van der Waals surface area (Å²) in [6.07, 6.45) is 3.50. The van der Waals surface area contributed by atoms with Crippen LogP contribution in [0.4, 0.5) is 0 Å². The Hall–Kier alpha value is -5.16. The van der Waals surface area contributed by atoms with Crippen molar-refractivity contribution in [2.24, 2.45) is 0 Å². The van der Waals surface area contributed by atoms with E-state index < -0.39 is 0 Å². The molecule has 0 aliphatic carbocycles. The Balaban J connectivity index is 1.69. The lowest BCUT2D eigenvalue weighted by Gasteiger charge is -2.09. The Morgan fingerprint density at radius 3 is 2.50 bits per heavy atom. The number of benzene rings is 3. The van der Waals surface area contributed by atoms with Crippen LogP contribution in [0.25, 0.3) is 39.5 Å². The number of para-hydroxylation sites is 2. The number of fused-ring (bicyclic) bond motifs is 1. The molecule has 176 valence electrons. The van der Waals surface area contributed by atoms with Crippen molar-refractivity contribution >= 4 is 22.6 Å². The second-order valence-electron chi connectivity index (χ2n) is 7.88. The van der Waals surface area contributed by atoms with Gasteiger partial charge in [0.2, 0.25) is 0 Å². The minimum atomic E-state index is -0.308. The van der Waals surface area contributed by atoms with Gasteiger partial charge in [-0.3, -0.25) is 4.79 Å². The number of nitrogens with one attached hydrogen (secondary N) is 1. The van der Waals surface area contributed by atoms with Gasteiger partial charge in [-0.05, 0) is 48.5 Å². The Labute approximate surface area is 206 Å². The molecule has 5 rings (SSSR count). The molecule has 0 aliphatic rings. The number of methoxy groups -OCH3 is 2. The Morgan fingerprint density at radius 2 is 1.75 bits per heavy atom. The summed E-state index contributed by atoms with van der Waals surface area (Å²) in [5.41, 5.74) is 3.32. The van der Waals surface area contributed by atoms with E-state index in [0.717, 1.165) is 11.3 Å². The monoisotopic (exact) mass is 475 g/mol. The van der Waals surface area contributed by atoms with Crippen molar-refractivity contribution in [3.63, 3.8) is 0 Å². The van der Waals surface area contributed by atoms with Crippen LogP contribution in [0, 0.1) is 11.3 Å². The molecule has 1 N–H and O–H groups in total. The molecule has 0 saturated carbocycles. The average Bonchev–Trinajstić information content (AvgIpc) is 3.35. The Kier molecular flexibility index (Phi) is 6.03. The third-order valence-electron chi connectivity index (χ3n) is 5.71. The number of hydrogen-bond acceptors (Lipinski definition) is 6. The zero-order valence-electron chi connectivity index (χ0n) is 19.6. The number of aromatic nitrogens is 4. The molecule has 0 fully saturated rings. The fourth-order valence-electron chi connectivity index (χ4n) is 3.94. The minimum Gasteiger partial charge on any atom is -0.493 e. The van der Waals surface area contributed by atoms with Gasteiger partial charge >= 0.3 is 0 Å². The second-order valence-corrected chi connectivity index (χ2v) is 7.88. The number of H-pyrrole nitrogens is 1. The molecule has 5 aromatic rings. The molecule has 2 heterocycles. The quantitative estimate of drug-likeness (QED) is 0.352. The summed E-state index contributed by atoms with van der Waals surface area (Å²) in [4.78, 5) is 19.8. The zero-order valence-corrected chi connectivity index (χ0v) is 19.6. The van der Waals surface area contributed by atoms with E-state index in [4.69, 9.17) is 14.6 Å². The van der Waals surface area contributed by atoms with E-state index in [1.165, 1.54) is 0 Å². The molecule has 0 bridgehead atoms. The largest absolute Gasteiger partial charge is 0.493 e. The Morgan fingerprint density at radius 1 is 1.00 bits per heavy atom. The number of hydrogen-bond donors (Lipinski definition) is 1. The summed E-state index contributed by atoms with van der Waals surface area (Å²) in [6.45, 7) is 0. The maximum Gasteiger partial charge on any atom is 0.259 e. The highest BCUT2D eigenvalue weighted by molar-refractivity contribution is 5.91. The van der Waals surface area contributed by atoms with Gasteiger partial charge < -0.3 is 14.5 Å². The van der Waals surface area contributed by atoms with Crippen LogP contribution < -0.4 is 15.0 Å². The predicted octanol–water partition coefficient (Wildman–Crippen LogP) is 4.86. The highest BCUT2D eigenvalue weighted by atomic mass is 16.5. The summed E-state index contributed by atoms with van der Waals surface area (Å²) >= 11 is 0. The van der Waals surface area contributed by atoms with Crippen molar-refractivity contribution in [2.45, 2.75) is 0 Å². The summed E-state index contributed by atoms with van der Waals surface area (Å²) in [5.74, 6) is 1.34. The third kappa shape index (κ3) is 4.21. The summed E-state index contributed by atoms with van der Waals surface area (Å²) in [6, 6.07) is 24.3. The van der Waals surface area contributed by atoms with Crippen molar-refractivity contribution in [2.75, 3.05) is 14.2 Å². The van der Waals surface area contributed by atoms with Crippen LogP contribution in [0.3, 0.4) is 0 Å². The number of rotatable bonds is 6. The van der Waals surface area contributed by atoms with Crippen molar-refractivity contribution < 1.29 is 9.47 Å². The average molecular weight is 476 g/mol. The van der Waals surface area contributed by atoms with Gasteiger partial charge in [0.1, 0.15) is 11.8 Å². The van der Waals surface area contributed by atoms with Crippen LogP contribution >= 0.6 is 0 Å². The van der Waals surface area contributed by atoms with Crippen molar-refractivity contribution in [3.05, 3.63) is 101 Å².